The van der Waals surface area contributed by atoms with Gasteiger partial charge in [0.05, 0.1) is 5.56 Å². The van der Waals surface area contributed by atoms with E-state index in [1.54, 1.807) is 0 Å². The number of benzene rings is 1. The molecule has 7 heteroatoms. The predicted octanol–water partition coefficient (Wildman–Crippen LogP) is 3.50. The normalized spacial score (nSPS) is 12.6. The van der Waals surface area contributed by atoms with E-state index in [-0.39, 0.29) is 16.7 Å². The topological polar surface area (TPSA) is 50.4 Å². The highest BCUT2D eigenvalue weighted by atomic mass is 35.5. The van der Waals surface area contributed by atoms with Crippen molar-refractivity contribution in [2.24, 2.45) is 10.7 Å². The maximum atomic E-state index is 12.5. The third kappa shape index (κ3) is 4.44. The van der Waals surface area contributed by atoms with Gasteiger partial charge in [-0.25, -0.2) is 0 Å². The zero-order valence-electron chi connectivity index (χ0n) is 9.68. The van der Waals surface area contributed by atoms with Crippen LogP contribution in [0.1, 0.15) is 18.9 Å². The van der Waals surface area contributed by atoms with Gasteiger partial charge in [0.2, 0.25) is 0 Å². The summed E-state index contributed by atoms with van der Waals surface area (Å²) in [6.45, 7) is 2.42. The fourth-order valence-electron chi connectivity index (χ4n) is 1.25. The van der Waals surface area contributed by atoms with Crippen LogP contribution in [0.4, 0.5) is 18.9 Å². The van der Waals surface area contributed by atoms with Crippen LogP contribution < -0.4 is 11.1 Å². The number of guanidine groups is 1. The number of hydrogen-bond donors (Lipinski definition) is 2. The molecule has 100 valence electrons. The summed E-state index contributed by atoms with van der Waals surface area (Å²) >= 11 is 5.62. The van der Waals surface area contributed by atoms with Crippen molar-refractivity contribution in [1.29, 1.82) is 0 Å². The van der Waals surface area contributed by atoms with Crippen LogP contribution in [-0.2, 0) is 6.18 Å². The fraction of sp³-hybridized carbons (Fsp3) is 0.364. The van der Waals surface area contributed by atoms with Gasteiger partial charge in [-0.15, -0.1) is 0 Å². The number of alkyl halides is 3. The van der Waals surface area contributed by atoms with Gasteiger partial charge in [-0.3, -0.25) is 4.99 Å². The maximum Gasteiger partial charge on any atom is 0.416 e. The maximum absolute atomic E-state index is 12.5. The molecule has 0 aliphatic rings. The number of anilines is 1. The zero-order chi connectivity index (χ0) is 13.8. The molecule has 0 fully saturated rings. The second-order valence-corrected chi connectivity index (χ2v) is 4.05. The summed E-state index contributed by atoms with van der Waals surface area (Å²) in [5, 5.41) is 2.56. The lowest BCUT2D eigenvalue weighted by Crippen LogP contribution is -2.23. The molecule has 0 unspecified atom stereocenters. The molecule has 18 heavy (non-hydrogen) atoms. The molecule has 0 saturated carbocycles. The van der Waals surface area contributed by atoms with Gasteiger partial charge in [0.1, 0.15) is 0 Å². The molecule has 1 aromatic rings. The third-order valence-electron chi connectivity index (χ3n) is 2.00. The summed E-state index contributed by atoms with van der Waals surface area (Å²) in [4.78, 5) is 3.92. The summed E-state index contributed by atoms with van der Waals surface area (Å²) < 4.78 is 37.6. The van der Waals surface area contributed by atoms with Crippen LogP contribution in [0.3, 0.4) is 0 Å². The van der Waals surface area contributed by atoms with Gasteiger partial charge in [0.25, 0.3) is 0 Å². The molecule has 0 aliphatic carbocycles. The van der Waals surface area contributed by atoms with Crippen molar-refractivity contribution in [1.82, 2.24) is 0 Å². The van der Waals surface area contributed by atoms with Crippen LogP contribution in [0, 0.1) is 0 Å². The first-order chi connectivity index (χ1) is 8.32. The zero-order valence-corrected chi connectivity index (χ0v) is 10.4. The summed E-state index contributed by atoms with van der Waals surface area (Å²) in [6, 6.07) is 3.14. The Morgan fingerprint density at radius 1 is 1.39 bits per heavy atom. The lowest BCUT2D eigenvalue weighted by Gasteiger charge is -2.11. The van der Waals surface area contributed by atoms with Crippen LogP contribution in [0.15, 0.2) is 23.2 Å². The van der Waals surface area contributed by atoms with Gasteiger partial charge in [0.15, 0.2) is 5.96 Å². The molecule has 0 amide bonds. The van der Waals surface area contributed by atoms with E-state index >= 15 is 0 Å². The van der Waals surface area contributed by atoms with Crippen molar-refractivity contribution in [3.8, 4) is 0 Å². The molecule has 0 aromatic heterocycles. The predicted molar refractivity (Wildman–Crippen MR) is 66.9 cm³/mol. The molecule has 0 bridgehead atoms. The van der Waals surface area contributed by atoms with E-state index in [4.69, 9.17) is 17.3 Å². The van der Waals surface area contributed by atoms with Crippen LogP contribution >= 0.6 is 11.6 Å². The van der Waals surface area contributed by atoms with E-state index < -0.39 is 11.7 Å². The van der Waals surface area contributed by atoms with Gasteiger partial charge in [-0.2, -0.15) is 13.2 Å². The van der Waals surface area contributed by atoms with Gasteiger partial charge in [-0.05, 0) is 24.6 Å². The average Bonchev–Trinajstić information content (AvgIpc) is 2.24. The minimum Gasteiger partial charge on any atom is -0.370 e. The Kier molecular flexibility index (Phi) is 4.84. The van der Waals surface area contributed by atoms with Crippen molar-refractivity contribution in [2.45, 2.75) is 19.5 Å². The molecule has 3 nitrogen and oxygen atoms in total. The quantitative estimate of drug-likeness (QED) is 0.657. The Labute approximate surface area is 108 Å². The second-order valence-electron chi connectivity index (χ2n) is 3.62. The number of halogens is 4. The fourth-order valence-corrected chi connectivity index (χ4v) is 1.48. The highest BCUT2D eigenvalue weighted by Crippen LogP contribution is 2.33. The van der Waals surface area contributed by atoms with Gasteiger partial charge >= 0.3 is 6.18 Å². The smallest absolute Gasteiger partial charge is 0.370 e. The SMILES string of the molecule is CCCN=C(N)Nc1cc(Cl)cc(C(F)(F)F)c1. The van der Waals surface area contributed by atoms with Crippen molar-refractivity contribution in [2.75, 3.05) is 11.9 Å². The molecular formula is C11H13ClF3N3. The first-order valence-corrected chi connectivity index (χ1v) is 5.65. The first kappa shape index (κ1) is 14.6. The number of rotatable bonds is 3. The Balaban J connectivity index is 2.94. The van der Waals surface area contributed by atoms with Crippen molar-refractivity contribution >= 4 is 23.2 Å². The number of nitrogens with two attached hydrogens (primary N) is 1. The minimum atomic E-state index is -4.45. The molecule has 0 atom stereocenters. The molecule has 1 aromatic carbocycles. The third-order valence-corrected chi connectivity index (χ3v) is 2.22. The number of aliphatic imine (C=N–C) groups is 1. The molecule has 1 rings (SSSR count). The van der Waals surface area contributed by atoms with E-state index in [1.165, 1.54) is 6.07 Å². The Morgan fingerprint density at radius 2 is 2.06 bits per heavy atom. The van der Waals surface area contributed by atoms with Crippen molar-refractivity contribution in [3.05, 3.63) is 28.8 Å². The number of hydrogen-bond acceptors (Lipinski definition) is 1. The molecule has 0 aliphatic heterocycles. The summed E-state index contributed by atoms with van der Waals surface area (Å²) in [5.41, 5.74) is 4.84. The molecule has 3 N–H and O–H groups in total. The van der Waals surface area contributed by atoms with Crippen molar-refractivity contribution in [3.63, 3.8) is 0 Å². The lowest BCUT2D eigenvalue weighted by atomic mass is 10.2. The van der Waals surface area contributed by atoms with Gasteiger partial charge in [0, 0.05) is 17.3 Å². The van der Waals surface area contributed by atoms with Crippen LogP contribution in [0.5, 0.6) is 0 Å². The second kappa shape index (κ2) is 5.95. The highest BCUT2D eigenvalue weighted by Gasteiger charge is 2.31. The standard InChI is InChI=1S/C11H13ClF3N3/c1-2-3-17-10(16)18-9-5-7(11(13,14)15)4-8(12)6-9/h4-6H,2-3H2,1H3,(H3,16,17,18). The highest BCUT2D eigenvalue weighted by molar-refractivity contribution is 6.31. The first-order valence-electron chi connectivity index (χ1n) is 5.27. The molecule has 0 saturated heterocycles. The monoisotopic (exact) mass is 279 g/mol. The van der Waals surface area contributed by atoms with E-state index in [2.05, 4.69) is 10.3 Å². The minimum absolute atomic E-state index is 0.0179. The summed E-state index contributed by atoms with van der Waals surface area (Å²) in [5.74, 6) is 0.0623. The number of nitrogens with zero attached hydrogens (tertiary/aromatic N) is 1. The lowest BCUT2D eigenvalue weighted by molar-refractivity contribution is -0.137. The van der Waals surface area contributed by atoms with E-state index in [9.17, 15) is 13.2 Å². The molecular weight excluding hydrogens is 267 g/mol. The summed E-state index contributed by atoms with van der Waals surface area (Å²) in [7, 11) is 0. The van der Waals surface area contributed by atoms with Gasteiger partial charge in [-0.1, -0.05) is 18.5 Å². The van der Waals surface area contributed by atoms with Crippen LogP contribution in [0.25, 0.3) is 0 Å². The molecule has 0 spiro atoms. The van der Waals surface area contributed by atoms with Crippen LogP contribution in [0.2, 0.25) is 5.02 Å². The average molecular weight is 280 g/mol. The van der Waals surface area contributed by atoms with E-state index in [0.29, 0.717) is 6.54 Å². The largest absolute Gasteiger partial charge is 0.416 e. The van der Waals surface area contributed by atoms with Crippen molar-refractivity contribution < 1.29 is 13.2 Å². The molecule has 0 radical (unpaired) electrons. The Bertz CT molecular complexity index is 444. The Morgan fingerprint density at radius 3 is 2.61 bits per heavy atom. The van der Waals surface area contributed by atoms with Crippen LogP contribution in [-0.4, -0.2) is 12.5 Å². The molecule has 0 heterocycles. The van der Waals surface area contributed by atoms with E-state index in [0.717, 1.165) is 18.6 Å². The van der Waals surface area contributed by atoms with Gasteiger partial charge < -0.3 is 11.1 Å². The Hall–Kier alpha value is -1.43. The number of nitrogens with one attached hydrogen (secondary N) is 1. The van der Waals surface area contributed by atoms with E-state index in [1.807, 2.05) is 6.92 Å². The summed E-state index contributed by atoms with van der Waals surface area (Å²) in [6.07, 6.45) is -3.65.